The van der Waals surface area contributed by atoms with Crippen molar-refractivity contribution >= 4 is 34.3 Å². The first-order valence-electron chi connectivity index (χ1n) is 10.9. The van der Waals surface area contributed by atoms with Gasteiger partial charge in [0.15, 0.2) is 16.7 Å². The lowest BCUT2D eigenvalue weighted by atomic mass is 10.1. The standard InChI is InChI=1S/C26H23N3O4S/c1-15-8-10-19(12-16(15)2)29-25(31)20-6-4-5-7-21(20)28-26(29)34-17(3)24(30)27-18-9-11-22-23(13-18)33-14-32-22/h4-13,17H,14H2,1-3H3,(H,27,30). The van der Waals surface area contributed by atoms with Gasteiger partial charge in [-0.2, -0.15) is 0 Å². The first-order valence-corrected chi connectivity index (χ1v) is 11.8. The van der Waals surface area contributed by atoms with Crippen molar-refractivity contribution in [2.24, 2.45) is 0 Å². The third-order valence-corrected chi connectivity index (χ3v) is 6.84. The number of carbonyl (C=O) groups excluding carboxylic acids is 1. The third-order valence-electron chi connectivity index (χ3n) is 5.79. The monoisotopic (exact) mass is 473 g/mol. The van der Waals surface area contributed by atoms with Crippen LogP contribution < -0.4 is 20.3 Å². The topological polar surface area (TPSA) is 82.5 Å². The SMILES string of the molecule is Cc1ccc(-n2c(SC(C)C(=O)Nc3ccc4c(c3)OCO4)nc3ccccc3c2=O)cc1C. The second-order valence-corrected chi connectivity index (χ2v) is 9.45. The van der Waals surface area contributed by atoms with Gasteiger partial charge in [0, 0.05) is 11.8 Å². The molecule has 1 aromatic heterocycles. The van der Waals surface area contributed by atoms with Crippen molar-refractivity contribution in [1.29, 1.82) is 0 Å². The molecular formula is C26H23N3O4S. The zero-order valence-electron chi connectivity index (χ0n) is 19.0. The Labute approximate surface area is 200 Å². The lowest BCUT2D eigenvalue weighted by Gasteiger charge is -2.17. The van der Waals surface area contributed by atoms with E-state index in [0.29, 0.717) is 33.2 Å². The number of anilines is 1. The minimum Gasteiger partial charge on any atom is -0.454 e. The molecule has 0 bridgehead atoms. The van der Waals surface area contributed by atoms with E-state index in [2.05, 4.69) is 5.32 Å². The van der Waals surface area contributed by atoms with Crippen molar-refractivity contribution in [3.8, 4) is 17.2 Å². The van der Waals surface area contributed by atoms with Crippen molar-refractivity contribution in [2.75, 3.05) is 12.1 Å². The van der Waals surface area contributed by atoms with E-state index >= 15 is 0 Å². The Bertz CT molecular complexity index is 1480. The molecule has 0 saturated heterocycles. The zero-order chi connectivity index (χ0) is 23.8. The number of hydrogen-bond acceptors (Lipinski definition) is 6. The lowest BCUT2D eigenvalue weighted by molar-refractivity contribution is -0.115. The average Bonchev–Trinajstić information content (AvgIpc) is 3.29. The number of para-hydroxylation sites is 1. The van der Waals surface area contributed by atoms with Crippen LogP contribution in [0.3, 0.4) is 0 Å². The molecule has 34 heavy (non-hydrogen) atoms. The largest absolute Gasteiger partial charge is 0.454 e. The van der Waals surface area contributed by atoms with Crippen LogP contribution in [0.25, 0.3) is 16.6 Å². The summed E-state index contributed by atoms with van der Waals surface area (Å²) in [6, 6.07) is 18.4. The second kappa shape index (κ2) is 8.87. The normalized spacial score (nSPS) is 13.1. The zero-order valence-corrected chi connectivity index (χ0v) is 19.8. The highest BCUT2D eigenvalue weighted by Crippen LogP contribution is 2.34. The first-order chi connectivity index (χ1) is 16.4. The molecule has 1 aliphatic rings. The van der Waals surface area contributed by atoms with Gasteiger partial charge in [-0.1, -0.05) is 30.0 Å². The van der Waals surface area contributed by atoms with Gasteiger partial charge in [-0.15, -0.1) is 0 Å². The van der Waals surface area contributed by atoms with E-state index in [-0.39, 0.29) is 18.3 Å². The highest BCUT2D eigenvalue weighted by atomic mass is 32.2. The molecule has 1 N–H and O–H groups in total. The van der Waals surface area contributed by atoms with Crippen LogP contribution in [-0.2, 0) is 4.79 Å². The highest BCUT2D eigenvalue weighted by Gasteiger charge is 2.22. The molecule has 1 amide bonds. The summed E-state index contributed by atoms with van der Waals surface area (Å²) in [5.41, 5.74) is 3.97. The van der Waals surface area contributed by atoms with Gasteiger partial charge in [0.05, 0.1) is 21.8 Å². The molecule has 3 aromatic carbocycles. The first kappa shape index (κ1) is 22.0. The Balaban J connectivity index is 1.49. The summed E-state index contributed by atoms with van der Waals surface area (Å²) in [7, 11) is 0. The molecule has 7 nitrogen and oxygen atoms in total. The summed E-state index contributed by atoms with van der Waals surface area (Å²) in [6.45, 7) is 5.99. The van der Waals surface area contributed by atoms with E-state index in [0.717, 1.165) is 16.8 Å². The molecule has 0 radical (unpaired) electrons. The number of thioether (sulfide) groups is 1. The molecule has 0 spiro atoms. The van der Waals surface area contributed by atoms with Gasteiger partial charge in [0.1, 0.15) is 0 Å². The summed E-state index contributed by atoms with van der Waals surface area (Å²) in [5.74, 6) is 1.04. The van der Waals surface area contributed by atoms with E-state index in [1.807, 2.05) is 50.2 Å². The van der Waals surface area contributed by atoms with Gasteiger partial charge in [-0.25, -0.2) is 4.98 Å². The minimum atomic E-state index is -0.517. The molecule has 1 aliphatic heterocycles. The summed E-state index contributed by atoms with van der Waals surface area (Å²) >= 11 is 1.24. The molecule has 1 atom stereocenters. The van der Waals surface area contributed by atoms with Crippen LogP contribution in [0.15, 0.2) is 70.6 Å². The molecule has 0 saturated carbocycles. The summed E-state index contributed by atoms with van der Waals surface area (Å²) in [6.07, 6.45) is 0. The van der Waals surface area contributed by atoms with Crippen LogP contribution in [0.5, 0.6) is 11.5 Å². The smallest absolute Gasteiger partial charge is 0.266 e. The molecule has 1 unspecified atom stereocenters. The number of amides is 1. The van der Waals surface area contributed by atoms with E-state index in [4.69, 9.17) is 14.5 Å². The number of aromatic nitrogens is 2. The van der Waals surface area contributed by atoms with Crippen LogP contribution in [0, 0.1) is 13.8 Å². The maximum absolute atomic E-state index is 13.5. The fourth-order valence-electron chi connectivity index (χ4n) is 3.71. The summed E-state index contributed by atoms with van der Waals surface area (Å²) < 4.78 is 12.3. The van der Waals surface area contributed by atoms with Crippen molar-refractivity contribution < 1.29 is 14.3 Å². The molecule has 4 aromatic rings. The molecule has 172 valence electrons. The van der Waals surface area contributed by atoms with Crippen molar-refractivity contribution in [1.82, 2.24) is 9.55 Å². The molecule has 5 rings (SSSR count). The van der Waals surface area contributed by atoms with E-state index in [1.54, 1.807) is 35.8 Å². The Kier molecular flexibility index (Phi) is 5.75. The quantitative estimate of drug-likeness (QED) is 0.330. The highest BCUT2D eigenvalue weighted by molar-refractivity contribution is 8.00. The Morgan fingerprint density at radius 1 is 1.03 bits per heavy atom. The van der Waals surface area contributed by atoms with Crippen LogP contribution in [0.2, 0.25) is 0 Å². The summed E-state index contributed by atoms with van der Waals surface area (Å²) in [4.78, 5) is 31.2. The maximum atomic E-state index is 13.5. The number of nitrogens with one attached hydrogen (secondary N) is 1. The Morgan fingerprint density at radius 2 is 1.82 bits per heavy atom. The van der Waals surface area contributed by atoms with Crippen LogP contribution >= 0.6 is 11.8 Å². The number of rotatable bonds is 5. The minimum absolute atomic E-state index is 0.167. The number of nitrogens with zero attached hydrogens (tertiary/aromatic N) is 2. The average molecular weight is 474 g/mol. The fourth-order valence-corrected chi connectivity index (χ4v) is 4.64. The number of carbonyl (C=O) groups is 1. The van der Waals surface area contributed by atoms with Crippen LogP contribution in [0.4, 0.5) is 5.69 Å². The molecular weight excluding hydrogens is 450 g/mol. The summed E-state index contributed by atoms with van der Waals surface area (Å²) in [5, 5.41) is 3.38. The number of ether oxygens (including phenoxy) is 2. The number of fused-ring (bicyclic) bond motifs is 2. The Morgan fingerprint density at radius 3 is 2.65 bits per heavy atom. The molecule has 2 heterocycles. The van der Waals surface area contributed by atoms with Gasteiger partial charge < -0.3 is 14.8 Å². The second-order valence-electron chi connectivity index (χ2n) is 8.14. The number of aryl methyl sites for hydroxylation is 2. The molecule has 0 fully saturated rings. The Hall–Kier alpha value is -3.78. The third kappa shape index (κ3) is 4.12. The lowest BCUT2D eigenvalue weighted by Crippen LogP contribution is -2.26. The van der Waals surface area contributed by atoms with Crippen LogP contribution in [0.1, 0.15) is 18.1 Å². The van der Waals surface area contributed by atoms with E-state index in [1.165, 1.54) is 11.8 Å². The van der Waals surface area contributed by atoms with Gasteiger partial charge in [0.25, 0.3) is 5.56 Å². The number of benzene rings is 3. The van der Waals surface area contributed by atoms with Gasteiger partial charge in [-0.3, -0.25) is 14.2 Å². The van der Waals surface area contributed by atoms with Crippen molar-refractivity contribution in [3.05, 3.63) is 82.1 Å². The van der Waals surface area contributed by atoms with Gasteiger partial charge in [-0.05, 0) is 68.3 Å². The van der Waals surface area contributed by atoms with Crippen molar-refractivity contribution in [3.63, 3.8) is 0 Å². The maximum Gasteiger partial charge on any atom is 0.266 e. The molecule has 8 heteroatoms. The van der Waals surface area contributed by atoms with Gasteiger partial charge in [0.2, 0.25) is 12.7 Å². The fraction of sp³-hybridized carbons (Fsp3) is 0.192. The number of hydrogen-bond donors (Lipinski definition) is 1. The van der Waals surface area contributed by atoms with Crippen molar-refractivity contribution in [2.45, 2.75) is 31.2 Å². The van der Waals surface area contributed by atoms with Crippen LogP contribution in [-0.4, -0.2) is 27.5 Å². The van der Waals surface area contributed by atoms with E-state index in [9.17, 15) is 9.59 Å². The van der Waals surface area contributed by atoms with E-state index < -0.39 is 5.25 Å². The molecule has 0 aliphatic carbocycles. The van der Waals surface area contributed by atoms with Gasteiger partial charge >= 0.3 is 0 Å². The predicted octanol–water partition coefficient (Wildman–Crippen LogP) is 4.85. The predicted molar refractivity (Wildman–Crippen MR) is 133 cm³/mol.